The zero-order valence-corrected chi connectivity index (χ0v) is 10.6. The molecule has 0 spiro atoms. The molecule has 0 amide bonds. The Hall–Kier alpha value is -0.350. The van der Waals surface area contributed by atoms with Gasteiger partial charge in [0.05, 0.1) is 10.2 Å². The molecule has 4 heteroatoms. The highest BCUT2D eigenvalue weighted by atomic mass is 79.9. The number of hydrogen-bond acceptors (Lipinski definition) is 2. The molecule has 14 heavy (non-hydrogen) atoms. The molecule has 0 radical (unpaired) electrons. The Morgan fingerprint density at radius 1 is 1.43 bits per heavy atom. The quantitative estimate of drug-likeness (QED) is 0.762. The van der Waals surface area contributed by atoms with E-state index in [9.17, 15) is 0 Å². The summed E-state index contributed by atoms with van der Waals surface area (Å²) in [6.07, 6.45) is 1.02. The van der Waals surface area contributed by atoms with Crippen LogP contribution in [-0.2, 0) is 11.3 Å². The highest BCUT2D eigenvalue weighted by molar-refractivity contribution is 9.10. The van der Waals surface area contributed by atoms with Crippen LogP contribution in [0.4, 0.5) is 0 Å². The van der Waals surface area contributed by atoms with Gasteiger partial charge < -0.3 is 4.74 Å². The molecule has 0 aliphatic rings. The van der Waals surface area contributed by atoms with Crippen LogP contribution in [0.2, 0.25) is 0 Å². The smallest absolute Gasteiger partial charge is 0.0738 e. The predicted octanol–water partition coefficient (Wildman–Crippen LogP) is 2.69. The number of hydrogen-bond donors (Lipinski definition) is 0. The largest absolute Gasteiger partial charge is 0.382 e. The molecule has 0 atom stereocenters. The molecule has 0 aliphatic heterocycles. The van der Waals surface area contributed by atoms with Crippen LogP contribution in [0.3, 0.4) is 0 Å². The monoisotopic (exact) mass is 260 g/mol. The Morgan fingerprint density at radius 2 is 2.14 bits per heavy atom. The second-order valence-corrected chi connectivity index (χ2v) is 4.05. The number of halogens is 1. The van der Waals surface area contributed by atoms with E-state index in [2.05, 4.69) is 28.0 Å². The van der Waals surface area contributed by atoms with Crippen LogP contribution < -0.4 is 0 Å². The van der Waals surface area contributed by atoms with Crippen LogP contribution in [-0.4, -0.2) is 23.0 Å². The van der Waals surface area contributed by atoms with Gasteiger partial charge in [0.2, 0.25) is 0 Å². The van der Waals surface area contributed by atoms with Crippen molar-refractivity contribution in [2.45, 2.75) is 33.7 Å². The number of aromatic nitrogens is 2. The van der Waals surface area contributed by atoms with Gasteiger partial charge in [-0.15, -0.1) is 0 Å². The summed E-state index contributed by atoms with van der Waals surface area (Å²) < 4.78 is 8.42. The Labute approximate surface area is 93.6 Å². The van der Waals surface area contributed by atoms with Gasteiger partial charge in [-0.25, -0.2) is 0 Å². The molecule has 1 aromatic heterocycles. The third-order valence-electron chi connectivity index (χ3n) is 2.16. The van der Waals surface area contributed by atoms with E-state index in [1.165, 1.54) is 5.69 Å². The second kappa shape index (κ2) is 5.51. The normalized spacial score (nSPS) is 10.9. The van der Waals surface area contributed by atoms with Crippen LogP contribution in [0.15, 0.2) is 4.47 Å². The average Bonchev–Trinajstić information content (AvgIpc) is 2.41. The van der Waals surface area contributed by atoms with Gasteiger partial charge in [0, 0.05) is 25.5 Å². The van der Waals surface area contributed by atoms with Gasteiger partial charge >= 0.3 is 0 Å². The first-order valence-electron chi connectivity index (χ1n) is 4.94. The van der Waals surface area contributed by atoms with Crippen molar-refractivity contribution in [3.63, 3.8) is 0 Å². The fourth-order valence-electron chi connectivity index (χ4n) is 1.35. The molecule has 0 fully saturated rings. The predicted molar refractivity (Wildman–Crippen MR) is 60.5 cm³/mol. The van der Waals surface area contributed by atoms with Gasteiger partial charge in [-0.1, -0.05) is 0 Å². The number of rotatable bonds is 5. The van der Waals surface area contributed by atoms with E-state index in [1.807, 2.05) is 18.5 Å². The average molecular weight is 261 g/mol. The van der Waals surface area contributed by atoms with Gasteiger partial charge in [-0.05, 0) is 43.1 Å². The van der Waals surface area contributed by atoms with Crippen LogP contribution in [0.25, 0.3) is 0 Å². The minimum Gasteiger partial charge on any atom is -0.382 e. The van der Waals surface area contributed by atoms with E-state index in [0.717, 1.165) is 36.3 Å². The first-order valence-corrected chi connectivity index (χ1v) is 5.73. The molecule has 0 saturated carbocycles. The third-order valence-corrected chi connectivity index (χ3v) is 3.30. The Bertz CT molecular complexity index is 297. The van der Waals surface area contributed by atoms with Crippen molar-refractivity contribution in [2.24, 2.45) is 0 Å². The molecule has 0 saturated heterocycles. The first kappa shape index (κ1) is 11.7. The summed E-state index contributed by atoms with van der Waals surface area (Å²) in [6.45, 7) is 8.63. The standard InChI is InChI=1S/C10H17BrN2O/c1-4-14-7-5-6-13-9(3)10(11)8(2)12-13/h4-7H2,1-3H3. The Kier molecular flexibility index (Phi) is 4.62. The van der Waals surface area contributed by atoms with Crippen molar-refractivity contribution in [1.82, 2.24) is 9.78 Å². The summed E-state index contributed by atoms with van der Waals surface area (Å²) in [5.74, 6) is 0. The molecular formula is C10H17BrN2O. The van der Waals surface area contributed by atoms with Crippen molar-refractivity contribution in [3.05, 3.63) is 15.9 Å². The Balaban J connectivity index is 2.47. The fraction of sp³-hybridized carbons (Fsp3) is 0.700. The minimum atomic E-state index is 0.792. The summed E-state index contributed by atoms with van der Waals surface area (Å²) >= 11 is 3.51. The lowest BCUT2D eigenvalue weighted by Gasteiger charge is -2.04. The lowest BCUT2D eigenvalue weighted by Crippen LogP contribution is -2.05. The van der Waals surface area contributed by atoms with E-state index in [4.69, 9.17) is 4.74 Å². The minimum absolute atomic E-state index is 0.792. The van der Waals surface area contributed by atoms with Crippen molar-refractivity contribution in [2.75, 3.05) is 13.2 Å². The van der Waals surface area contributed by atoms with E-state index in [-0.39, 0.29) is 0 Å². The molecule has 1 aromatic rings. The molecule has 0 aromatic carbocycles. The van der Waals surface area contributed by atoms with Gasteiger partial charge in [0.1, 0.15) is 0 Å². The molecule has 1 rings (SSSR count). The van der Waals surface area contributed by atoms with Crippen molar-refractivity contribution in [3.8, 4) is 0 Å². The van der Waals surface area contributed by atoms with Crippen molar-refractivity contribution < 1.29 is 4.74 Å². The van der Waals surface area contributed by atoms with E-state index < -0.39 is 0 Å². The van der Waals surface area contributed by atoms with E-state index in [1.54, 1.807) is 0 Å². The maximum absolute atomic E-state index is 5.28. The highest BCUT2D eigenvalue weighted by Crippen LogP contribution is 2.19. The molecule has 0 bridgehead atoms. The van der Waals surface area contributed by atoms with Gasteiger partial charge in [0.25, 0.3) is 0 Å². The SMILES string of the molecule is CCOCCCn1nc(C)c(Br)c1C. The lowest BCUT2D eigenvalue weighted by molar-refractivity contribution is 0.140. The molecule has 0 aliphatic carbocycles. The number of ether oxygens (including phenoxy) is 1. The molecule has 3 nitrogen and oxygen atoms in total. The number of aryl methyl sites for hydroxylation is 2. The van der Waals surface area contributed by atoms with Crippen molar-refractivity contribution >= 4 is 15.9 Å². The van der Waals surface area contributed by atoms with Gasteiger partial charge in [-0.3, -0.25) is 4.68 Å². The van der Waals surface area contributed by atoms with Crippen LogP contribution >= 0.6 is 15.9 Å². The van der Waals surface area contributed by atoms with E-state index in [0.29, 0.717) is 0 Å². The Morgan fingerprint density at radius 3 is 2.64 bits per heavy atom. The fourth-order valence-corrected chi connectivity index (χ4v) is 1.64. The summed E-state index contributed by atoms with van der Waals surface area (Å²) in [5, 5.41) is 4.42. The molecule has 80 valence electrons. The zero-order chi connectivity index (χ0) is 10.6. The van der Waals surface area contributed by atoms with Crippen LogP contribution in [0, 0.1) is 13.8 Å². The molecular weight excluding hydrogens is 244 g/mol. The topological polar surface area (TPSA) is 27.1 Å². The van der Waals surface area contributed by atoms with E-state index >= 15 is 0 Å². The van der Waals surface area contributed by atoms with Crippen LogP contribution in [0.1, 0.15) is 24.7 Å². The first-order chi connectivity index (χ1) is 6.66. The highest BCUT2D eigenvalue weighted by Gasteiger charge is 2.07. The summed E-state index contributed by atoms with van der Waals surface area (Å²) in [4.78, 5) is 0. The van der Waals surface area contributed by atoms with Gasteiger partial charge in [0.15, 0.2) is 0 Å². The van der Waals surface area contributed by atoms with Gasteiger partial charge in [-0.2, -0.15) is 5.10 Å². The van der Waals surface area contributed by atoms with Crippen molar-refractivity contribution in [1.29, 1.82) is 0 Å². The zero-order valence-electron chi connectivity index (χ0n) is 9.01. The molecule has 1 heterocycles. The lowest BCUT2D eigenvalue weighted by atomic mass is 10.4. The van der Waals surface area contributed by atoms with Crippen LogP contribution in [0.5, 0.6) is 0 Å². The second-order valence-electron chi connectivity index (χ2n) is 3.26. The maximum Gasteiger partial charge on any atom is 0.0738 e. The number of nitrogens with zero attached hydrogens (tertiary/aromatic N) is 2. The summed E-state index contributed by atoms with van der Waals surface area (Å²) in [5.41, 5.74) is 2.25. The summed E-state index contributed by atoms with van der Waals surface area (Å²) in [6, 6.07) is 0. The summed E-state index contributed by atoms with van der Waals surface area (Å²) in [7, 11) is 0. The third kappa shape index (κ3) is 2.82. The molecule has 0 unspecified atom stereocenters. The molecule has 0 N–H and O–H groups in total. The maximum atomic E-state index is 5.28.